The number of ketones is 1. The lowest BCUT2D eigenvalue weighted by Gasteiger charge is -2.38. The molecule has 5 nitrogen and oxygen atoms in total. The zero-order chi connectivity index (χ0) is 22.5. The van der Waals surface area contributed by atoms with E-state index in [2.05, 4.69) is 31.3 Å². The van der Waals surface area contributed by atoms with E-state index in [1.165, 1.54) is 5.56 Å². The fraction of sp³-hybridized carbons (Fsp3) is 0.292. The molecule has 164 valence electrons. The van der Waals surface area contributed by atoms with Crippen LogP contribution in [0.3, 0.4) is 0 Å². The molecule has 0 saturated carbocycles. The Bertz CT molecular complexity index is 1240. The maximum absolute atomic E-state index is 13.3. The predicted molar refractivity (Wildman–Crippen MR) is 129 cm³/mol. The van der Waals surface area contributed by atoms with Gasteiger partial charge in [-0.25, -0.2) is 4.68 Å². The van der Waals surface area contributed by atoms with Gasteiger partial charge in [0.05, 0.1) is 0 Å². The van der Waals surface area contributed by atoms with Gasteiger partial charge in [-0.1, -0.05) is 85.2 Å². The van der Waals surface area contributed by atoms with Crippen molar-refractivity contribution in [1.82, 2.24) is 14.8 Å². The van der Waals surface area contributed by atoms with E-state index in [9.17, 15) is 4.79 Å². The van der Waals surface area contributed by atoms with Gasteiger partial charge in [0, 0.05) is 39.1 Å². The number of fused-ring (bicyclic) bond motifs is 1. The largest absolute Gasteiger partial charge is 0.328 e. The summed E-state index contributed by atoms with van der Waals surface area (Å²) < 4.78 is 1.79. The van der Waals surface area contributed by atoms with E-state index in [0.717, 1.165) is 23.4 Å². The minimum absolute atomic E-state index is 0.111. The van der Waals surface area contributed by atoms with Crippen molar-refractivity contribution in [1.29, 1.82) is 0 Å². The first kappa shape index (κ1) is 21.6. The van der Waals surface area contributed by atoms with Crippen LogP contribution in [-0.4, -0.2) is 20.5 Å². The van der Waals surface area contributed by atoms with Crippen LogP contribution in [-0.2, 0) is 10.5 Å². The van der Waals surface area contributed by atoms with Crippen molar-refractivity contribution < 1.29 is 4.79 Å². The summed E-state index contributed by atoms with van der Waals surface area (Å²) in [5.41, 5.74) is 3.49. The number of benzene rings is 2. The van der Waals surface area contributed by atoms with Crippen LogP contribution in [0.15, 0.2) is 65.0 Å². The topological polar surface area (TPSA) is 59.8 Å². The maximum Gasteiger partial charge on any atom is 0.227 e. The SMILES string of the molecule is CC1(C)CC(=O)C2=C(C1)Nc1nc(SCc3ccccc3)nn1C2c1ccc(Cl)cc1Cl. The van der Waals surface area contributed by atoms with Crippen LogP contribution in [0.25, 0.3) is 0 Å². The van der Waals surface area contributed by atoms with Gasteiger partial charge < -0.3 is 5.32 Å². The summed E-state index contributed by atoms with van der Waals surface area (Å²) in [7, 11) is 0. The third-order valence-electron chi connectivity index (χ3n) is 5.78. The molecule has 0 bridgehead atoms. The lowest BCUT2D eigenvalue weighted by atomic mass is 9.73. The van der Waals surface area contributed by atoms with Crippen LogP contribution < -0.4 is 5.32 Å². The molecule has 1 unspecified atom stereocenters. The Morgan fingerprint density at radius 2 is 1.94 bits per heavy atom. The number of hydrogen-bond donors (Lipinski definition) is 1. The third kappa shape index (κ3) is 4.07. The third-order valence-corrected chi connectivity index (χ3v) is 7.25. The summed E-state index contributed by atoms with van der Waals surface area (Å²) >= 11 is 14.3. The van der Waals surface area contributed by atoms with Gasteiger partial charge in [-0.3, -0.25) is 4.79 Å². The van der Waals surface area contributed by atoms with Gasteiger partial charge in [-0.15, -0.1) is 5.10 Å². The monoisotopic (exact) mass is 484 g/mol. The molecular weight excluding hydrogens is 463 g/mol. The van der Waals surface area contributed by atoms with Crippen LogP contribution in [0.2, 0.25) is 10.0 Å². The van der Waals surface area contributed by atoms with Crippen LogP contribution in [0.1, 0.15) is 43.9 Å². The molecule has 1 aliphatic heterocycles. The molecule has 0 fully saturated rings. The fourth-order valence-electron chi connectivity index (χ4n) is 4.38. The van der Waals surface area contributed by atoms with E-state index < -0.39 is 6.04 Å². The van der Waals surface area contributed by atoms with Gasteiger partial charge in [0.25, 0.3) is 0 Å². The number of nitrogens with one attached hydrogen (secondary N) is 1. The first-order chi connectivity index (χ1) is 15.3. The number of nitrogens with zero attached hydrogens (tertiary/aromatic N) is 3. The molecule has 5 rings (SSSR count). The number of halogens is 2. The number of hydrogen-bond acceptors (Lipinski definition) is 5. The zero-order valence-electron chi connectivity index (χ0n) is 17.7. The summed E-state index contributed by atoms with van der Waals surface area (Å²) in [6, 6.07) is 15.1. The Kier molecular flexibility index (Phi) is 5.56. The van der Waals surface area contributed by atoms with Gasteiger partial charge in [-0.2, -0.15) is 4.98 Å². The highest BCUT2D eigenvalue weighted by Gasteiger charge is 2.42. The Labute approximate surface area is 201 Å². The minimum atomic E-state index is -0.437. The van der Waals surface area contributed by atoms with Crippen molar-refractivity contribution in [2.75, 3.05) is 5.32 Å². The zero-order valence-corrected chi connectivity index (χ0v) is 20.1. The Balaban J connectivity index is 1.57. The van der Waals surface area contributed by atoms with Crippen LogP contribution in [0, 0.1) is 5.41 Å². The molecule has 1 aliphatic carbocycles. The van der Waals surface area contributed by atoms with Crippen LogP contribution in [0.4, 0.5) is 5.95 Å². The van der Waals surface area contributed by atoms with Gasteiger partial charge in [0.15, 0.2) is 5.78 Å². The average molecular weight is 485 g/mol. The van der Waals surface area contributed by atoms with E-state index in [0.29, 0.717) is 33.1 Å². The second kappa shape index (κ2) is 8.25. The summed E-state index contributed by atoms with van der Waals surface area (Å²) in [4.78, 5) is 18.0. The number of rotatable bonds is 4. The van der Waals surface area contributed by atoms with Crippen molar-refractivity contribution in [3.63, 3.8) is 0 Å². The first-order valence-corrected chi connectivity index (χ1v) is 12.2. The molecule has 3 aromatic rings. The first-order valence-electron chi connectivity index (χ1n) is 10.4. The highest BCUT2D eigenvalue weighted by atomic mass is 35.5. The summed E-state index contributed by atoms with van der Waals surface area (Å²) in [6.45, 7) is 4.22. The number of carbonyl (C=O) groups excluding carboxylic acids is 1. The van der Waals surface area contributed by atoms with Gasteiger partial charge in [0.1, 0.15) is 6.04 Å². The quantitative estimate of drug-likeness (QED) is 0.426. The molecule has 1 atom stereocenters. The van der Waals surface area contributed by atoms with E-state index in [4.69, 9.17) is 33.3 Å². The Morgan fingerprint density at radius 1 is 1.16 bits per heavy atom. The summed E-state index contributed by atoms with van der Waals surface area (Å²) in [5.74, 6) is 1.50. The van der Waals surface area contributed by atoms with Crippen molar-refractivity contribution in [2.45, 2.75) is 43.6 Å². The minimum Gasteiger partial charge on any atom is -0.328 e. The number of Topliss-reactive ketones (excluding diaryl/α,β-unsaturated/α-hetero) is 1. The molecule has 2 aliphatic rings. The molecule has 2 aromatic carbocycles. The smallest absolute Gasteiger partial charge is 0.227 e. The summed E-state index contributed by atoms with van der Waals surface area (Å²) in [5, 5.41) is 9.89. The van der Waals surface area contributed by atoms with E-state index in [-0.39, 0.29) is 11.2 Å². The molecule has 0 saturated heterocycles. The van der Waals surface area contributed by atoms with E-state index >= 15 is 0 Å². The van der Waals surface area contributed by atoms with Gasteiger partial charge in [0.2, 0.25) is 11.1 Å². The molecule has 0 amide bonds. The van der Waals surface area contributed by atoms with Crippen molar-refractivity contribution in [3.8, 4) is 0 Å². The van der Waals surface area contributed by atoms with Crippen molar-refractivity contribution in [3.05, 3.63) is 81.0 Å². The summed E-state index contributed by atoms with van der Waals surface area (Å²) in [6.07, 6.45) is 1.24. The Morgan fingerprint density at radius 3 is 2.69 bits per heavy atom. The Hall–Kier alpha value is -2.28. The second-order valence-electron chi connectivity index (χ2n) is 8.96. The normalized spacial score (nSPS) is 19.4. The number of anilines is 1. The molecule has 1 aromatic heterocycles. The number of allylic oxidation sites excluding steroid dienone is 2. The van der Waals surface area contributed by atoms with Crippen LogP contribution >= 0.6 is 35.0 Å². The van der Waals surface area contributed by atoms with E-state index in [1.807, 2.05) is 24.3 Å². The molecule has 2 heterocycles. The number of aromatic nitrogens is 3. The lowest BCUT2D eigenvalue weighted by Crippen LogP contribution is -2.36. The number of thioether (sulfide) groups is 1. The standard InChI is InChI=1S/C24H22Cl2N4OS/c1-24(2)11-18-20(19(31)12-24)21(16-9-8-15(25)10-17(16)26)30-22(27-18)28-23(29-30)32-13-14-6-4-3-5-7-14/h3-10,21H,11-13H2,1-2H3,(H,27,28,29). The number of carbonyl (C=O) groups is 1. The van der Waals surface area contributed by atoms with E-state index in [1.54, 1.807) is 28.6 Å². The lowest BCUT2D eigenvalue weighted by molar-refractivity contribution is -0.118. The second-order valence-corrected chi connectivity index (χ2v) is 10.7. The molecule has 0 radical (unpaired) electrons. The van der Waals surface area contributed by atoms with Gasteiger partial charge in [-0.05, 0) is 29.5 Å². The molecule has 8 heteroatoms. The molecule has 32 heavy (non-hydrogen) atoms. The average Bonchev–Trinajstić information content (AvgIpc) is 3.13. The van der Waals surface area contributed by atoms with Crippen molar-refractivity contribution >= 4 is 46.7 Å². The highest BCUT2D eigenvalue weighted by molar-refractivity contribution is 7.98. The predicted octanol–water partition coefficient (Wildman–Crippen LogP) is 6.54. The molecular formula is C24H22Cl2N4OS. The maximum atomic E-state index is 13.3. The highest BCUT2D eigenvalue weighted by Crippen LogP contribution is 2.47. The van der Waals surface area contributed by atoms with Gasteiger partial charge >= 0.3 is 0 Å². The van der Waals surface area contributed by atoms with Crippen molar-refractivity contribution in [2.24, 2.45) is 5.41 Å². The molecule has 0 spiro atoms. The molecule has 1 N–H and O–H groups in total. The fourth-order valence-corrected chi connectivity index (χ4v) is 5.68. The van der Waals surface area contributed by atoms with Crippen LogP contribution in [0.5, 0.6) is 0 Å².